The summed E-state index contributed by atoms with van der Waals surface area (Å²) in [5.41, 5.74) is 6.62. The first kappa shape index (κ1) is 17.2. The number of benzene rings is 1. The van der Waals surface area contributed by atoms with Crippen molar-refractivity contribution < 1.29 is 9.59 Å². The lowest BCUT2D eigenvalue weighted by atomic mass is 10.1. The highest BCUT2D eigenvalue weighted by Crippen LogP contribution is 2.04. The van der Waals surface area contributed by atoms with Crippen LogP contribution >= 0.6 is 0 Å². The Morgan fingerprint density at radius 3 is 2.33 bits per heavy atom. The molecule has 3 N–H and O–H groups in total. The van der Waals surface area contributed by atoms with Crippen LogP contribution in [0.25, 0.3) is 0 Å². The van der Waals surface area contributed by atoms with Gasteiger partial charge in [-0.25, -0.2) is 0 Å². The van der Waals surface area contributed by atoms with Gasteiger partial charge in [0.15, 0.2) is 0 Å². The molecule has 0 radical (unpaired) electrons. The SMILES string of the molecule is CN(CC(=O)NC(C)(C)C)C(=O)C(N)Cc1ccccc1. The minimum absolute atomic E-state index is 0.0125. The molecule has 1 aromatic carbocycles. The molecule has 2 amide bonds. The largest absolute Gasteiger partial charge is 0.350 e. The monoisotopic (exact) mass is 291 g/mol. The van der Waals surface area contributed by atoms with E-state index in [1.807, 2.05) is 51.1 Å². The normalized spacial score (nSPS) is 12.6. The van der Waals surface area contributed by atoms with Crippen molar-refractivity contribution in [2.45, 2.75) is 38.8 Å². The number of nitrogens with one attached hydrogen (secondary N) is 1. The summed E-state index contributed by atoms with van der Waals surface area (Å²) in [4.78, 5) is 25.3. The fourth-order valence-electron chi connectivity index (χ4n) is 1.99. The Hall–Kier alpha value is -1.88. The summed E-state index contributed by atoms with van der Waals surface area (Å²) < 4.78 is 0. The molecule has 21 heavy (non-hydrogen) atoms. The van der Waals surface area contributed by atoms with Crippen molar-refractivity contribution in [2.24, 2.45) is 5.73 Å². The highest BCUT2D eigenvalue weighted by molar-refractivity contribution is 5.87. The predicted molar refractivity (Wildman–Crippen MR) is 83.7 cm³/mol. The van der Waals surface area contributed by atoms with Gasteiger partial charge in [-0.05, 0) is 32.8 Å². The lowest BCUT2D eigenvalue weighted by molar-refractivity contribution is -0.136. The lowest BCUT2D eigenvalue weighted by Crippen LogP contribution is -2.49. The van der Waals surface area contributed by atoms with E-state index in [4.69, 9.17) is 5.73 Å². The summed E-state index contributed by atoms with van der Waals surface area (Å²) >= 11 is 0. The van der Waals surface area contributed by atoms with Crippen LogP contribution in [0.15, 0.2) is 30.3 Å². The molecule has 1 atom stereocenters. The second-order valence-electron chi connectivity index (χ2n) is 6.29. The molecule has 1 aromatic rings. The molecule has 0 aromatic heterocycles. The summed E-state index contributed by atoms with van der Waals surface area (Å²) in [6.45, 7) is 5.70. The lowest BCUT2D eigenvalue weighted by Gasteiger charge is -2.25. The molecule has 0 aliphatic heterocycles. The third kappa shape index (κ3) is 6.40. The highest BCUT2D eigenvalue weighted by Gasteiger charge is 2.22. The van der Waals surface area contributed by atoms with Gasteiger partial charge < -0.3 is 16.0 Å². The summed E-state index contributed by atoms with van der Waals surface area (Å²) in [5.74, 6) is -0.423. The number of carbonyl (C=O) groups is 2. The molecule has 0 aliphatic carbocycles. The number of amides is 2. The van der Waals surface area contributed by atoms with Gasteiger partial charge in [0.05, 0.1) is 12.6 Å². The van der Waals surface area contributed by atoms with Crippen molar-refractivity contribution in [3.05, 3.63) is 35.9 Å². The van der Waals surface area contributed by atoms with Gasteiger partial charge in [-0.2, -0.15) is 0 Å². The highest BCUT2D eigenvalue weighted by atomic mass is 16.2. The van der Waals surface area contributed by atoms with E-state index >= 15 is 0 Å². The van der Waals surface area contributed by atoms with Crippen LogP contribution in [0.2, 0.25) is 0 Å². The Bertz CT molecular complexity index is 480. The number of likely N-dealkylation sites (N-methyl/N-ethyl adjacent to an activating group) is 1. The quantitative estimate of drug-likeness (QED) is 0.847. The third-order valence-electron chi connectivity index (χ3n) is 2.89. The average molecular weight is 291 g/mol. The van der Waals surface area contributed by atoms with Crippen molar-refractivity contribution in [3.63, 3.8) is 0 Å². The van der Waals surface area contributed by atoms with Gasteiger partial charge in [-0.3, -0.25) is 9.59 Å². The summed E-state index contributed by atoms with van der Waals surface area (Å²) in [7, 11) is 1.59. The molecule has 1 rings (SSSR count). The topological polar surface area (TPSA) is 75.4 Å². The Balaban J connectivity index is 2.52. The van der Waals surface area contributed by atoms with Gasteiger partial charge in [0.2, 0.25) is 11.8 Å². The zero-order valence-electron chi connectivity index (χ0n) is 13.2. The Kier molecular flexibility index (Phi) is 5.90. The molecule has 0 heterocycles. The molecule has 5 nitrogen and oxygen atoms in total. The van der Waals surface area contributed by atoms with Gasteiger partial charge in [-0.15, -0.1) is 0 Å². The molecule has 0 aliphatic rings. The summed E-state index contributed by atoms with van der Waals surface area (Å²) in [5, 5.41) is 2.82. The Morgan fingerprint density at radius 1 is 1.24 bits per heavy atom. The van der Waals surface area contributed by atoms with Crippen molar-refractivity contribution >= 4 is 11.8 Å². The summed E-state index contributed by atoms with van der Waals surface area (Å²) in [6, 6.07) is 8.96. The van der Waals surface area contributed by atoms with Crippen LogP contribution in [0.3, 0.4) is 0 Å². The second kappa shape index (κ2) is 7.22. The van der Waals surface area contributed by atoms with Crippen LogP contribution < -0.4 is 11.1 Å². The molecule has 116 valence electrons. The van der Waals surface area contributed by atoms with Crippen molar-refractivity contribution in [3.8, 4) is 0 Å². The van der Waals surface area contributed by atoms with E-state index in [1.165, 1.54) is 4.90 Å². The van der Waals surface area contributed by atoms with Crippen LogP contribution in [-0.2, 0) is 16.0 Å². The van der Waals surface area contributed by atoms with Crippen molar-refractivity contribution in [1.82, 2.24) is 10.2 Å². The van der Waals surface area contributed by atoms with E-state index in [9.17, 15) is 9.59 Å². The number of carbonyl (C=O) groups excluding carboxylic acids is 2. The predicted octanol–water partition coefficient (Wildman–Crippen LogP) is 0.930. The van der Waals surface area contributed by atoms with Crippen molar-refractivity contribution in [1.29, 1.82) is 0 Å². The average Bonchev–Trinajstić information content (AvgIpc) is 2.36. The maximum Gasteiger partial charge on any atom is 0.240 e. The molecule has 0 saturated heterocycles. The van der Waals surface area contributed by atoms with E-state index in [1.54, 1.807) is 7.05 Å². The van der Waals surface area contributed by atoms with Gasteiger partial charge in [-0.1, -0.05) is 30.3 Å². The number of hydrogen-bond donors (Lipinski definition) is 2. The minimum Gasteiger partial charge on any atom is -0.350 e. The molecular weight excluding hydrogens is 266 g/mol. The van der Waals surface area contributed by atoms with E-state index < -0.39 is 6.04 Å². The Morgan fingerprint density at radius 2 is 1.81 bits per heavy atom. The first-order chi connectivity index (χ1) is 9.69. The maximum atomic E-state index is 12.2. The van der Waals surface area contributed by atoms with Crippen LogP contribution in [0.5, 0.6) is 0 Å². The number of rotatable bonds is 5. The van der Waals surface area contributed by atoms with Gasteiger partial charge in [0.1, 0.15) is 0 Å². The zero-order valence-corrected chi connectivity index (χ0v) is 13.2. The molecular formula is C16H25N3O2. The van der Waals surface area contributed by atoms with E-state index in [2.05, 4.69) is 5.32 Å². The second-order valence-corrected chi connectivity index (χ2v) is 6.29. The van der Waals surface area contributed by atoms with E-state index in [-0.39, 0.29) is 23.9 Å². The van der Waals surface area contributed by atoms with Crippen LogP contribution in [0.1, 0.15) is 26.3 Å². The van der Waals surface area contributed by atoms with Crippen LogP contribution in [0.4, 0.5) is 0 Å². The van der Waals surface area contributed by atoms with Gasteiger partial charge in [0.25, 0.3) is 0 Å². The molecule has 0 bridgehead atoms. The first-order valence-electron chi connectivity index (χ1n) is 7.04. The zero-order chi connectivity index (χ0) is 16.0. The molecule has 0 saturated carbocycles. The van der Waals surface area contributed by atoms with E-state index in [0.717, 1.165) is 5.56 Å². The fraction of sp³-hybridized carbons (Fsp3) is 0.500. The molecule has 5 heteroatoms. The fourth-order valence-corrected chi connectivity index (χ4v) is 1.99. The van der Waals surface area contributed by atoms with Crippen LogP contribution in [0, 0.1) is 0 Å². The minimum atomic E-state index is -0.639. The number of hydrogen-bond acceptors (Lipinski definition) is 3. The summed E-state index contributed by atoms with van der Waals surface area (Å²) in [6.07, 6.45) is 0.463. The molecule has 1 unspecified atom stereocenters. The van der Waals surface area contributed by atoms with Gasteiger partial charge >= 0.3 is 0 Å². The number of nitrogens with two attached hydrogens (primary N) is 1. The van der Waals surface area contributed by atoms with Crippen molar-refractivity contribution in [2.75, 3.05) is 13.6 Å². The smallest absolute Gasteiger partial charge is 0.240 e. The molecule has 0 fully saturated rings. The standard InChI is InChI=1S/C16H25N3O2/c1-16(2,3)18-14(20)11-19(4)15(21)13(17)10-12-8-6-5-7-9-12/h5-9,13H,10-11,17H2,1-4H3,(H,18,20). The Labute approximate surface area is 126 Å². The maximum absolute atomic E-state index is 12.2. The van der Waals surface area contributed by atoms with Crippen LogP contribution in [-0.4, -0.2) is 41.9 Å². The molecule has 0 spiro atoms. The van der Waals surface area contributed by atoms with E-state index in [0.29, 0.717) is 6.42 Å². The number of nitrogens with zero attached hydrogens (tertiary/aromatic N) is 1. The first-order valence-corrected chi connectivity index (χ1v) is 7.04. The third-order valence-corrected chi connectivity index (χ3v) is 2.89. The van der Waals surface area contributed by atoms with Gasteiger partial charge in [0, 0.05) is 12.6 Å².